The normalized spacial score (nSPS) is 10.4. The van der Waals surface area contributed by atoms with Gasteiger partial charge in [0.2, 0.25) is 5.91 Å². The summed E-state index contributed by atoms with van der Waals surface area (Å²) < 4.78 is 13.4. The number of nitrogens with one attached hydrogen (secondary N) is 1. The van der Waals surface area contributed by atoms with Crippen LogP contribution >= 0.6 is 11.6 Å². The molecule has 0 aliphatic rings. The van der Waals surface area contributed by atoms with Crippen molar-refractivity contribution in [3.05, 3.63) is 34.6 Å². The van der Waals surface area contributed by atoms with Crippen LogP contribution in [0.5, 0.6) is 0 Å². The second kappa shape index (κ2) is 8.06. The van der Waals surface area contributed by atoms with Gasteiger partial charge >= 0.3 is 0 Å². The van der Waals surface area contributed by atoms with E-state index in [1.165, 1.54) is 12.1 Å². The lowest BCUT2D eigenvalue weighted by atomic mass is 10.1. The number of hydrogen-bond donors (Lipinski definition) is 2. The molecule has 0 saturated carbocycles. The van der Waals surface area contributed by atoms with Gasteiger partial charge in [-0.3, -0.25) is 4.79 Å². The van der Waals surface area contributed by atoms with Crippen LogP contribution in [0.3, 0.4) is 0 Å². The van der Waals surface area contributed by atoms with Gasteiger partial charge in [0.1, 0.15) is 5.82 Å². The molecule has 0 fully saturated rings. The van der Waals surface area contributed by atoms with Crippen molar-refractivity contribution in [3.8, 4) is 0 Å². The maximum Gasteiger partial charge on any atom is 0.224 e. The zero-order chi connectivity index (χ0) is 13.4. The molecule has 0 heterocycles. The molecule has 100 valence electrons. The summed E-state index contributed by atoms with van der Waals surface area (Å²) in [6.45, 7) is 0.720. The first kappa shape index (κ1) is 14.9. The van der Waals surface area contributed by atoms with E-state index in [0.717, 1.165) is 19.3 Å². The van der Waals surface area contributed by atoms with E-state index in [1.54, 1.807) is 6.07 Å². The van der Waals surface area contributed by atoms with E-state index in [1.807, 2.05) is 0 Å². The van der Waals surface area contributed by atoms with Crippen LogP contribution in [0.15, 0.2) is 18.2 Å². The number of amides is 1. The Labute approximate surface area is 111 Å². The highest BCUT2D eigenvalue weighted by atomic mass is 35.5. The molecule has 0 unspecified atom stereocenters. The van der Waals surface area contributed by atoms with E-state index in [0.29, 0.717) is 17.1 Å². The molecular weight excluding hydrogens is 257 g/mol. The number of rotatable bonds is 7. The van der Waals surface area contributed by atoms with Gasteiger partial charge in [-0.2, -0.15) is 0 Å². The molecule has 0 aliphatic carbocycles. The summed E-state index contributed by atoms with van der Waals surface area (Å²) in [5.41, 5.74) is 0.340. The average molecular weight is 274 g/mol. The maximum atomic E-state index is 13.4. The Kier molecular flexibility index (Phi) is 6.68. The van der Waals surface area contributed by atoms with Crippen LogP contribution in [0.4, 0.5) is 4.39 Å². The Morgan fingerprint density at radius 2 is 2.11 bits per heavy atom. The summed E-state index contributed by atoms with van der Waals surface area (Å²) in [6.07, 6.45) is 2.44. The number of carbonyl (C=O) groups excluding carboxylic acids is 1. The Bertz CT molecular complexity index is 399. The van der Waals surface area contributed by atoms with Crippen LogP contribution in [0.25, 0.3) is 0 Å². The highest BCUT2D eigenvalue weighted by Crippen LogP contribution is 2.14. The van der Waals surface area contributed by atoms with E-state index >= 15 is 0 Å². The molecule has 1 amide bonds. The number of halogens is 2. The molecule has 0 bridgehead atoms. The van der Waals surface area contributed by atoms with Crippen molar-refractivity contribution in [3.63, 3.8) is 0 Å². The summed E-state index contributed by atoms with van der Waals surface area (Å²) in [7, 11) is 0. The van der Waals surface area contributed by atoms with Gasteiger partial charge in [0.15, 0.2) is 0 Å². The molecule has 1 aromatic carbocycles. The summed E-state index contributed by atoms with van der Waals surface area (Å²) in [5, 5.41) is 11.6. The molecule has 0 radical (unpaired) electrons. The first-order chi connectivity index (χ1) is 8.63. The number of aliphatic hydroxyl groups excluding tert-OH is 1. The van der Waals surface area contributed by atoms with Crippen molar-refractivity contribution in [2.24, 2.45) is 0 Å². The maximum absolute atomic E-state index is 13.4. The van der Waals surface area contributed by atoms with Crippen LogP contribution in [0, 0.1) is 5.82 Å². The molecule has 0 saturated heterocycles. The predicted molar refractivity (Wildman–Crippen MR) is 69.1 cm³/mol. The van der Waals surface area contributed by atoms with Crippen molar-refractivity contribution in [1.29, 1.82) is 0 Å². The smallest absolute Gasteiger partial charge is 0.224 e. The van der Waals surface area contributed by atoms with Crippen molar-refractivity contribution >= 4 is 17.5 Å². The molecule has 1 aromatic rings. The van der Waals surface area contributed by atoms with Crippen LogP contribution in [-0.2, 0) is 11.2 Å². The minimum Gasteiger partial charge on any atom is -0.396 e. The SMILES string of the molecule is O=C(Cc1ccc(Cl)cc1F)NCCCCCO. The van der Waals surface area contributed by atoms with Gasteiger partial charge in [0, 0.05) is 18.2 Å². The highest BCUT2D eigenvalue weighted by molar-refractivity contribution is 6.30. The summed E-state index contributed by atoms with van der Waals surface area (Å²) in [6, 6.07) is 4.28. The van der Waals surface area contributed by atoms with Gasteiger partial charge in [-0.15, -0.1) is 0 Å². The third kappa shape index (κ3) is 5.47. The molecule has 0 atom stereocenters. The van der Waals surface area contributed by atoms with Gasteiger partial charge < -0.3 is 10.4 Å². The second-order valence-electron chi connectivity index (χ2n) is 4.05. The molecule has 3 nitrogen and oxygen atoms in total. The summed E-state index contributed by atoms with van der Waals surface area (Å²) in [4.78, 5) is 11.5. The van der Waals surface area contributed by atoms with Crippen molar-refractivity contribution in [2.45, 2.75) is 25.7 Å². The van der Waals surface area contributed by atoms with E-state index in [2.05, 4.69) is 5.32 Å². The fourth-order valence-corrected chi connectivity index (χ4v) is 1.70. The predicted octanol–water partition coefficient (Wildman–Crippen LogP) is 2.30. The summed E-state index contributed by atoms with van der Waals surface area (Å²) in [5.74, 6) is -0.668. The molecule has 0 spiro atoms. The summed E-state index contributed by atoms with van der Waals surface area (Å²) >= 11 is 5.62. The zero-order valence-electron chi connectivity index (χ0n) is 10.1. The third-order valence-electron chi connectivity index (χ3n) is 2.52. The van der Waals surface area contributed by atoms with Gasteiger partial charge in [-0.1, -0.05) is 17.7 Å². The number of hydrogen-bond acceptors (Lipinski definition) is 2. The Hall–Kier alpha value is -1.13. The van der Waals surface area contributed by atoms with Crippen LogP contribution < -0.4 is 5.32 Å². The Balaban J connectivity index is 2.31. The molecular formula is C13H17ClFNO2. The van der Waals surface area contributed by atoms with Gasteiger partial charge in [-0.05, 0) is 37.0 Å². The first-order valence-electron chi connectivity index (χ1n) is 5.95. The van der Waals surface area contributed by atoms with Gasteiger partial charge in [0.05, 0.1) is 6.42 Å². The van der Waals surface area contributed by atoms with Crippen LogP contribution in [0.2, 0.25) is 5.02 Å². The van der Waals surface area contributed by atoms with Gasteiger partial charge in [0.25, 0.3) is 0 Å². The number of carbonyl (C=O) groups is 1. The lowest BCUT2D eigenvalue weighted by molar-refractivity contribution is -0.120. The molecule has 1 rings (SSSR count). The first-order valence-corrected chi connectivity index (χ1v) is 6.32. The minimum atomic E-state index is -0.460. The van der Waals surface area contributed by atoms with Crippen molar-refractivity contribution in [2.75, 3.05) is 13.2 Å². The molecule has 5 heteroatoms. The number of unbranched alkanes of at least 4 members (excludes halogenated alkanes) is 2. The topological polar surface area (TPSA) is 49.3 Å². The quantitative estimate of drug-likeness (QED) is 0.749. The highest BCUT2D eigenvalue weighted by Gasteiger charge is 2.08. The molecule has 0 aromatic heterocycles. The lowest BCUT2D eigenvalue weighted by Crippen LogP contribution is -2.26. The van der Waals surface area contributed by atoms with Crippen LogP contribution in [0.1, 0.15) is 24.8 Å². The third-order valence-corrected chi connectivity index (χ3v) is 2.76. The van der Waals surface area contributed by atoms with Crippen molar-refractivity contribution in [1.82, 2.24) is 5.32 Å². The van der Waals surface area contributed by atoms with E-state index in [-0.39, 0.29) is 18.9 Å². The minimum absolute atomic E-state index is 0.0169. The molecule has 0 aliphatic heterocycles. The average Bonchev–Trinajstić information content (AvgIpc) is 2.32. The fraction of sp³-hybridized carbons (Fsp3) is 0.462. The Morgan fingerprint density at radius 1 is 1.33 bits per heavy atom. The Morgan fingerprint density at radius 3 is 2.78 bits per heavy atom. The molecule has 2 N–H and O–H groups in total. The van der Waals surface area contributed by atoms with Crippen molar-refractivity contribution < 1.29 is 14.3 Å². The monoisotopic (exact) mass is 273 g/mol. The molecule has 18 heavy (non-hydrogen) atoms. The van der Waals surface area contributed by atoms with Crippen LogP contribution in [-0.4, -0.2) is 24.2 Å². The zero-order valence-corrected chi connectivity index (χ0v) is 10.8. The standard InChI is InChI=1S/C13H17ClFNO2/c14-11-5-4-10(12(15)9-11)8-13(18)16-6-2-1-3-7-17/h4-5,9,17H,1-3,6-8H2,(H,16,18). The largest absolute Gasteiger partial charge is 0.396 e. The fourth-order valence-electron chi connectivity index (χ4n) is 1.54. The van der Waals surface area contributed by atoms with E-state index < -0.39 is 5.82 Å². The number of aliphatic hydroxyl groups is 1. The lowest BCUT2D eigenvalue weighted by Gasteiger charge is -2.06. The van der Waals surface area contributed by atoms with E-state index in [4.69, 9.17) is 16.7 Å². The van der Waals surface area contributed by atoms with Gasteiger partial charge in [-0.25, -0.2) is 4.39 Å². The van der Waals surface area contributed by atoms with E-state index in [9.17, 15) is 9.18 Å². The second-order valence-corrected chi connectivity index (χ2v) is 4.48. The number of benzene rings is 1.